The Labute approximate surface area is 175 Å². The summed E-state index contributed by atoms with van der Waals surface area (Å²) in [4.78, 5) is 32.7. The first-order chi connectivity index (χ1) is 14.7. The molecule has 6 heteroatoms. The van der Waals surface area contributed by atoms with Crippen molar-refractivity contribution >= 4 is 28.4 Å². The van der Waals surface area contributed by atoms with Crippen molar-refractivity contribution in [1.82, 2.24) is 9.88 Å². The lowest BCUT2D eigenvalue weighted by Crippen LogP contribution is -2.45. The number of para-hydroxylation sites is 3. The molecule has 2 aromatic carbocycles. The van der Waals surface area contributed by atoms with E-state index in [0.717, 1.165) is 25.9 Å². The van der Waals surface area contributed by atoms with Crippen molar-refractivity contribution in [1.29, 1.82) is 0 Å². The Morgan fingerprint density at radius 2 is 1.73 bits per heavy atom. The Hall–Kier alpha value is -3.12. The van der Waals surface area contributed by atoms with Gasteiger partial charge in [-0.05, 0) is 55.6 Å². The highest BCUT2D eigenvalue weighted by molar-refractivity contribution is 6.23. The lowest BCUT2D eigenvalue weighted by atomic mass is 9.88. The average Bonchev–Trinajstić information content (AvgIpc) is 3.34. The number of carbonyl (C=O) groups excluding carboxylic acids is 2. The third-order valence-corrected chi connectivity index (χ3v) is 6.48. The summed E-state index contributed by atoms with van der Waals surface area (Å²) in [6.45, 7) is 1.63. The van der Waals surface area contributed by atoms with Gasteiger partial charge in [-0.25, -0.2) is 4.90 Å². The zero-order valence-corrected chi connectivity index (χ0v) is 17.0. The molecular formula is C24H25N3O3. The molecule has 2 amide bonds. The van der Waals surface area contributed by atoms with Crippen LogP contribution < -0.4 is 9.64 Å². The molecule has 154 valence electrons. The molecule has 1 atom stereocenters. The Morgan fingerprint density at radius 1 is 1.00 bits per heavy atom. The van der Waals surface area contributed by atoms with Gasteiger partial charge in [-0.2, -0.15) is 0 Å². The van der Waals surface area contributed by atoms with Crippen molar-refractivity contribution in [2.45, 2.75) is 31.2 Å². The van der Waals surface area contributed by atoms with Gasteiger partial charge >= 0.3 is 0 Å². The standard InChI is InChI=1S/C24H25N3O3/c1-30-22-9-5-4-8-20(22)27-23(28)14-21(24(27)29)26-12-10-16(11-13-26)18-15-25-19-7-3-2-6-17(18)19/h2-9,15-16,21,25H,10-14H2,1H3/t21-/m1/s1. The van der Waals surface area contributed by atoms with Gasteiger partial charge in [0.1, 0.15) is 5.75 Å². The molecule has 3 heterocycles. The predicted molar refractivity (Wildman–Crippen MR) is 116 cm³/mol. The van der Waals surface area contributed by atoms with Gasteiger partial charge in [-0.3, -0.25) is 14.5 Å². The minimum atomic E-state index is -0.383. The van der Waals surface area contributed by atoms with E-state index < -0.39 is 0 Å². The zero-order valence-electron chi connectivity index (χ0n) is 17.0. The molecule has 2 fully saturated rings. The topological polar surface area (TPSA) is 65.6 Å². The molecule has 5 rings (SSSR count). The number of rotatable bonds is 4. The summed E-state index contributed by atoms with van der Waals surface area (Å²) in [7, 11) is 1.55. The van der Waals surface area contributed by atoms with E-state index in [0.29, 0.717) is 17.4 Å². The number of amides is 2. The van der Waals surface area contributed by atoms with Gasteiger partial charge in [0.25, 0.3) is 5.91 Å². The normalized spacial score (nSPS) is 21.0. The monoisotopic (exact) mass is 403 g/mol. The van der Waals surface area contributed by atoms with Crippen LogP contribution in [0.2, 0.25) is 0 Å². The molecule has 2 saturated heterocycles. The summed E-state index contributed by atoms with van der Waals surface area (Å²) < 4.78 is 5.36. The van der Waals surface area contributed by atoms with E-state index in [9.17, 15) is 9.59 Å². The van der Waals surface area contributed by atoms with E-state index in [1.165, 1.54) is 21.4 Å². The number of aromatic nitrogens is 1. The number of hydrogen-bond acceptors (Lipinski definition) is 4. The number of nitrogens with zero attached hydrogens (tertiary/aromatic N) is 2. The molecule has 2 aliphatic rings. The molecule has 1 N–H and O–H groups in total. The molecule has 0 aliphatic carbocycles. The molecule has 1 aromatic heterocycles. The summed E-state index contributed by atoms with van der Waals surface area (Å²) in [6, 6.07) is 15.2. The lowest BCUT2D eigenvalue weighted by molar-refractivity contribution is -0.123. The van der Waals surface area contributed by atoms with Gasteiger partial charge < -0.3 is 9.72 Å². The van der Waals surface area contributed by atoms with E-state index >= 15 is 0 Å². The molecule has 0 bridgehead atoms. The number of aromatic amines is 1. The highest BCUT2D eigenvalue weighted by atomic mass is 16.5. The maximum atomic E-state index is 13.2. The molecule has 0 unspecified atom stereocenters. The number of imide groups is 1. The first-order valence-electron chi connectivity index (χ1n) is 10.5. The minimum Gasteiger partial charge on any atom is -0.495 e. The SMILES string of the molecule is COc1ccccc1N1C(=O)C[C@@H](N2CCC(c3c[nH]c4ccccc34)CC2)C1=O. The van der Waals surface area contributed by atoms with Crippen LogP contribution in [0.3, 0.4) is 0 Å². The summed E-state index contributed by atoms with van der Waals surface area (Å²) in [5.74, 6) is 0.705. The number of piperidine rings is 1. The summed E-state index contributed by atoms with van der Waals surface area (Å²) in [5, 5.41) is 1.28. The third-order valence-electron chi connectivity index (χ3n) is 6.48. The van der Waals surface area contributed by atoms with Gasteiger partial charge in [-0.1, -0.05) is 30.3 Å². The van der Waals surface area contributed by atoms with Gasteiger partial charge in [0.15, 0.2) is 0 Å². The summed E-state index contributed by atoms with van der Waals surface area (Å²) >= 11 is 0. The first-order valence-corrected chi connectivity index (χ1v) is 10.5. The second-order valence-electron chi connectivity index (χ2n) is 8.06. The zero-order chi connectivity index (χ0) is 20.7. The van der Waals surface area contributed by atoms with Crippen LogP contribution in [0.1, 0.15) is 30.7 Å². The molecule has 3 aromatic rings. The maximum Gasteiger partial charge on any atom is 0.251 e. The third kappa shape index (κ3) is 3.08. The van der Waals surface area contributed by atoms with Crippen molar-refractivity contribution in [3.63, 3.8) is 0 Å². The fourth-order valence-electron chi connectivity index (χ4n) is 4.92. The van der Waals surface area contributed by atoms with E-state index in [2.05, 4.69) is 34.3 Å². The van der Waals surface area contributed by atoms with Crippen LogP contribution >= 0.6 is 0 Å². The van der Waals surface area contributed by atoms with E-state index in [1.54, 1.807) is 19.2 Å². The number of likely N-dealkylation sites (tertiary alicyclic amines) is 1. The quantitative estimate of drug-likeness (QED) is 0.675. The average molecular weight is 403 g/mol. The fraction of sp³-hybridized carbons (Fsp3) is 0.333. The second kappa shape index (κ2) is 7.61. The number of ether oxygens (including phenoxy) is 1. The van der Waals surface area contributed by atoms with Gasteiger partial charge in [0, 0.05) is 17.1 Å². The number of anilines is 1. The number of carbonyl (C=O) groups is 2. The molecule has 30 heavy (non-hydrogen) atoms. The lowest BCUT2D eigenvalue weighted by Gasteiger charge is -2.34. The fourth-order valence-corrected chi connectivity index (χ4v) is 4.92. The number of hydrogen-bond donors (Lipinski definition) is 1. The van der Waals surface area contributed by atoms with Crippen LogP contribution in [0.15, 0.2) is 54.7 Å². The van der Waals surface area contributed by atoms with Crippen LogP contribution in [0.5, 0.6) is 5.75 Å². The van der Waals surface area contributed by atoms with Crippen molar-refractivity contribution in [2.75, 3.05) is 25.1 Å². The number of methoxy groups -OCH3 is 1. The second-order valence-corrected chi connectivity index (χ2v) is 8.06. The van der Waals surface area contributed by atoms with Crippen LogP contribution in [0.4, 0.5) is 5.69 Å². The van der Waals surface area contributed by atoms with Crippen LogP contribution in [0.25, 0.3) is 10.9 Å². The Morgan fingerprint density at radius 3 is 2.53 bits per heavy atom. The predicted octanol–water partition coefficient (Wildman–Crippen LogP) is 3.69. The highest BCUT2D eigenvalue weighted by Gasteiger charge is 2.44. The van der Waals surface area contributed by atoms with Crippen molar-refractivity contribution in [2.24, 2.45) is 0 Å². The van der Waals surface area contributed by atoms with E-state index in [1.807, 2.05) is 18.2 Å². The Kier molecular flexibility index (Phi) is 4.79. The Bertz CT molecular complexity index is 1100. The number of nitrogens with one attached hydrogen (secondary N) is 1. The van der Waals surface area contributed by atoms with E-state index in [-0.39, 0.29) is 24.3 Å². The number of fused-ring (bicyclic) bond motifs is 1. The van der Waals surface area contributed by atoms with Crippen molar-refractivity contribution in [3.8, 4) is 5.75 Å². The van der Waals surface area contributed by atoms with E-state index in [4.69, 9.17) is 4.74 Å². The van der Waals surface area contributed by atoms with Gasteiger partial charge in [0.05, 0.1) is 25.3 Å². The molecular weight excluding hydrogens is 378 g/mol. The molecule has 6 nitrogen and oxygen atoms in total. The molecule has 2 aliphatic heterocycles. The summed E-state index contributed by atoms with van der Waals surface area (Å²) in [5.41, 5.74) is 3.06. The molecule has 0 spiro atoms. The van der Waals surface area contributed by atoms with Crippen LogP contribution in [0, 0.1) is 0 Å². The molecule has 0 radical (unpaired) electrons. The van der Waals surface area contributed by atoms with Gasteiger partial charge in [-0.15, -0.1) is 0 Å². The largest absolute Gasteiger partial charge is 0.495 e. The van der Waals surface area contributed by atoms with Crippen LogP contribution in [-0.2, 0) is 9.59 Å². The number of benzene rings is 2. The Balaban J connectivity index is 1.31. The smallest absolute Gasteiger partial charge is 0.251 e. The van der Waals surface area contributed by atoms with Crippen molar-refractivity contribution in [3.05, 3.63) is 60.3 Å². The van der Waals surface area contributed by atoms with Crippen LogP contribution in [-0.4, -0.2) is 47.9 Å². The number of H-pyrrole nitrogens is 1. The highest BCUT2D eigenvalue weighted by Crippen LogP contribution is 2.37. The van der Waals surface area contributed by atoms with Crippen molar-refractivity contribution < 1.29 is 14.3 Å². The maximum absolute atomic E-state index is 13.2. The minimum absolute atomic E-state index is 0.143. The van der Waals surface area contributed by atoms with Gasteiger partial charge in [0.2, 0.25) is 5.91 Å². The molecule has 0 saturated carbocycles. The first kappa shape index (κ1) is 18.9. The summed E-state index contributed by atoms with van der Waals surface area (Å²) in [6.07, 6.45) is 4.32.